The Balaban J connectivity index is 1.75. The zero-order valence-corrected chi connectivity index (χ0v) is 18.3. The van der Waals surface area contributed by atoms with Crippen LogP contribution in [-0.2, 0) is 16.1 Å². The van der Waals surface area contributed by atoms with Crippen LogP contribution in [0.3, 0.4) is 0 Å². The zero-order chi connectivity index (χ0) is 21.3. The lowest BCUT2D eigenvalue weighted by atomic mass is 9.79. The fourth-order valence-electron chi connectivity index (χ4n) is 4.21. The lowest BCUT2D eigenvalue weighted by Crippen LogP contribution is -2.55. The van der Waals surface area contributed by atoms with E-state index >= 15 is 0 Å². The van der Waals surface area contributed by atoms with Crippen molar-refractivity contribution in [1.29, 1.82) is 0 Å². The number of nitrogens with zero attached hydrogens (tertiary/aromatic N) is 2. The molecular formula is C26H34N2O2. The molecule has 1 aliphatic heterocycles. The van der Waals surface area contributed by atoms with Crippen molar-refractivity contribution >= 4 is 11.8 Å². The van der Waals surface area contributed by atoms with Gasteiger partial charge in [-0.1, -0.05) is 87.4 Å². The number of hydrogen-bond donors (Lipinski definition) is 0. The fraction of sp³-hybridized carbons (Fsp3) is 0.462. The van der Waals surface area contributed by atoms with Gasteiger partial charge in [0, 0.05) is 26.1 Å². The second-order valence-corrected chi connectivity index (χ2v) is 8.21. The van der Waals surface area contributed by atoms with Crippen molar-refractivity contribution in [2.24, 2.45) is 5.92 Å². The van der Waals surface area contributed by atoms with Crippen LogP contribution in [0.2, 0.25) is 0 Å². The molecule has 4 nitrogen and oxygen atoms in total. The van der Waals surface area contributed by atoms with E-state index in [9.17, 15) is 9.59 Å². The van der Waals surface area contributed by atoms with Crippen LogP contribution in [0.15, 0.2) is 60.7 Å². The third-order valence-corrected chi connectivity index (χ3v) is 5.96. The average molecular weight is 407 g/mol. The standard InChI is InChI=1S/C26H34N2O2/c1-3-5-17-27(18-6-4-2)24(29)19-23-25(22-15-11-8-12-16-22)28(26(23)30)20-21-13-9-7-10-14-21/h7-16,23,25H,3-6,17-20H2,1-2H3/t23-,25-/m1/s1. The summed E-state index contributed by atoms with van der Waals surface area (Å²) in [6, 6.07) is 20.2. The molecule has 1 fully saturated rings. The van der Waals surface area contributed by atoms with Crippen LogP contribution in [0.1, 0.15) is 63.1 Å². The Morgan fingerprint density at radius 3 is 2.03 bits per heavy atom. The van der Waals surface area contributed by atoms with E-state index in [1.807, 2.05) is 58.3 Å². The van der Waals surface area contributed by atoms with Gasteiger partial charge in [0.15, 0.2) is 0 Å². The van der Waals surface area contributed by atoms with E-state index in [1.54, 1.807) is 0 Å². The summed E-state index contributed by atoms with van der Waals surface area (Å²) in [5.41, 5.74) is 2.23. The maximum Gasteiger partial charge on any atom is 0.229 e. The van der Waals surface area contributed by atoms with E-state index in [-0.39, 0.29) is 23.8 Å². The molecule has 0 bridgehead atoms. The van der Waals surface area contributed by atoms with Crippen LogP contribution < -0.4 is 0 Å². The average Bonchev–Trinajstić information content (AvgIpc) is 2.79. The SMILES string of the molecule is CCCCN(CCCC)C(=O)C[C@H]1C(=O)N(Cc2ccccc2)[C@@H]1c1ccccc1. The maximum atomic E-state index is 13.1. The second kappa shape index (κ2) is 11.0. The van der Waals surface area contributed by atoms with E-state index in [2.05, 4.69) is 26.0 Å². The van der Waals surface area contributed by atoms with Gasteiger partial charge in [-0.05, 0) is 24.0 Å². The molecule has 0 aromatic heterocycles. The summed E-state index contributed by atoms with van der Waals surface area (Å²) in [6.07, 6.45) is 4.45. The molecule has 0 aliphatic carbocycles. The highest BCUT2D eigenvalue weighted by molar-refractivity contribution is 5.91. The molecule has 0 N–H and O–H groups in total. The highest BCUT2D eigenvalue weighted by Gasteiger charge is 2.48. The Labute approximate surface area is 180 Å². The molecule has 0 spiro atoms. The summed E-state index contributed by atoms with van der Waals surface area (Å²) in [5, 5.41) is 0. The van der Waals surface area contributed by atoms with Crippen LogP contribution in [0.4, 0.5) is 0 Å². The minimum Gasteiger partial charge on any atom is -0.343 e. The molecule has 160 valence electrons. The number of unbranched alkanes of at least 4 members (excludes halogenated alkanes) is 2. The van der Waals surface area contributed by atoms with Crippen molar-refractivity contribution in [3.63, 3.8) is 0 Å². The molecule has 4 heteroatoms. The van der Waals surface area contributed by atoms with E-state index in [0.717, 1.165) is 49.9 Å². The summed E-state index contributed by atoms with van der Waals surface area (Å²) in [6.45, 7) is 6.45. The van der Waals surface area contributed by atoms with Crippen molar-refractivity contribution in [3.8, 4) is 0 Å². The Morgan fingerprint density at radius 1 is 0.900 bits per heavy atom. The number of hydrogen-bond acceptors (Lipinski definition) is 2. The number of carbonyl (C=O) groups excluding carboxylic acids is 2. The van der Waals surface area contributed by atoms with Gasteiger partial charge in [-0.3, -0.25) is 9.59 Å². The van der Waals surface area contributed by atoms with Gasteiger partial charge in [0.1, 0.15) is 0 Å². The molecule has 0 saturated carbocycles. The molecule has 1 heterocycles. The van der Waals surface area contributed by atoms with Gasteiger partial charge in [0.2, 0.25) is 11.8 Å². The number of carbonyl (C=O) groups is 2. The monoisotopic (exact) mass is 406 g/mol. The maximum absolute atomic E-state index is 13.1. The molecule has 30 heavy (non-hydrogen) atoms. The first-order chi connectivity index (χ1) is 14.7. The van der Waals surface area contributed by atoms with Crippen LogP contribution in [-0.4, -0.2) is 34.7 Å². The number of rotatable bonds is 11. The minimum absolute atomic E-state index is 0.0398. The molecule has 2 aromatic carbocycles. The van der Waals surface area contributed by atoms with E-state index in [4.69, 9.17) is 0 Å². The molecule has 1 aliphatic rings. The third kappa shape index (κ3) is 5.29. The predicted molar refractivity (Wildman–Crippen MR) is 121 cm³/mol. The van der Waals surface area contributed by atoms with Gasteiger partial charge in [0.05, 0.1) is 12.0 Å². The first-order valence-electron chi connectivity index (χ1n) is 11.3. The van der Waals surface area contributed by atoms with E-state index in [1.165, 1.54) is 0 Å². The smallest absolute Gasteiger partial charge is 0.229 e. The molecule has 3 rings (SSSR count). The highest BCUT2D eigenvalue weighted by Crippen LogP contribution is 2.43. The van der Waals surface area contributed by atoms with Gasteiger partial charge in [-0.25, -0.2) is 0 Å². The van der Waals surface area contributed by atoms with Crippen LogP contribution >= 0.6 is 0 Å². The fourth-order valence-corrected chi connectivity index (χ4v) is 4.21. The van der Waals surface area contributed by atoms with Crippen LogP contribution in [0, 0.1) is 5.92 Å². The predicted octanol–water partition coefficient (Wildman–Crippen LogP) is 5.21. The molecule has 2 atom stereocenters. The Kier molecular flexibility index (Phi) is 8.06. The van der Waals surface area contributed by atoms with Gasteiger partial charge < -0.3 is 9.80 Å². The van der Waals surface area contributed by atoms with Crippen molar-refractivity contribution in [2.75, 3.05) is 13.1 Å². The minimum atomic E-state index is -0.269. The molecular weight excluding hydrogens is 372 g/mol. The molecule has 0 unspecified atom stereocenters. The Hall–Kier alpha value is -2.62. The molecule has 0 radical (unpaired) electrons. The molecule has 2 amide bonds. The topological polar surface area (TPSA) is 40.6 Å². The molecule has 1 saturated heterocycles. The van der Waals surface area contributed by atoms with Crippen LogP contribution in [0.25, 0.3) is 0 Å². The van der Waals surface area contributed by atoms with Crippen molar-refractivity contribution < 1.29 is 9.59 Å². The van der Waals surface area contributed by atoms with Crippen molar-refractivity contribution in [3.05, 3.63) is 71.8 Å². The summed E-state index contributed by atoms with van der Waals surface area (Å²) >= 11 is 0. The second-order valence-electron chi connectivity index (χ2n) is 8.21. The normalized spacial score (nSPS) is 18.2. The van der Waals surface area contributed by atoms with Gasteiger partial charge in [0.25, 0.3) is 0 Å². The van der Waals surface area contributed by atoms with Gasteiger partial charge >= 0.3 is 0 Å². The van der Waals surface area contributed by atoms with E-state index in [0.29, 0.717) is 13.0 Å². The summed E-state index contributed by atoms with van der Waals surface area (Å²) in [5.74, 6) is -0.0584. The Bertz CT molecular complexity index is 798. The summed E-state index contributed by atoms with van der Waals surface area (Å²) in [4.78, 5) is 30.1. The zero-order valence-electron chi connectivity index (χ0n) is 18.3. The van der Waals surface area contributed by atoms with Gasteiger partial charge in [-0.2, -0.15) is 0 Å². The van der Waals surface area contributed by atoms with Gasteiger partial charge in [-0.15, -0.1) is 0 Å². The number of likely N-dealkylation sites (tertiary alicyclic amines) is 1. The summed E-state index contributed by atoms with van der Waals surface area (Å²) < 4.78 is 0. The van der Waals surface area contributed by atoms with Crippen molar-refractivity contribution in [2.45, 2.75) is 58.5 Å². The lowest BCUT2D eigenvalue weighted by Gasteiger charge is -2.48. The number of benzene rings is 2. The molecule has 2 aromatic rings. The number of amides is 2. The van der Waals surface area contributed by atoms with E-state index < -0.39 is 0 Å². The first-order valence-corrected chi connectivity index (χ1v) is 11.3. The van der Waals surface area contributed by atoms with Crippen molar-refractivity contribution in [1.82, 2.24) is 9.80 Å². The Morgan fingerprint density at radius 2 is 1.47 bits per heavy atom. The number of β-lactam (4-membered cyclic amide) rings is 1. The van der Waals surface area contributed by atoms with Crippen LogP contribution in [0.5, 0.6) is 0 Å². The summed E-state index contributed by atoms with van der Waals surface area (Å²) in [7, 11) is 0. The first kappa shape index (κ1) is 22.1. The lowest BCUT2D eigenvalue weighted by molar-refractivity contribution is -0.162. The highest BCUT2D eigenvalue weighted by atomic mass is 16.2. The third-order valence-electron chi connectivity index (χ3n) is 5.96. The largest absolute Gasteiger partial charge is 0.343 e. The quantitative estimate of drug-likeness (QED) is 0.481.